The van der Waals surface area contributed by atoms with Crippen LogP contribution in [0.3, 0.4) is 0 Å². The fraction of sp³-hybridized carbons (Fsp3) is 0.458. The maximum absolute atomic E-state index is 11.2. The summed E-state index contributed by atoms with van der Waals surface area (Å²) in [4.78, 5) is 13.7. The number of benzene rings is 2. The number of nitrogens with zero attached hydrogens (tertiary/aromatic N) is 1. The van der Waals surface area contributed by atoms with E-state index in [0.29, 0.717) is 11.5 Å². The van der Waals surface area contributed by atoms with Gasteiger partial charge in [0, 0.05) is 24.6 Å². The molecule has 4 heteroatoms. The first-order chi connectivity index (χ1) is 13.6. The molecule has 0 aromatic heterocycles. The van der Waals surface area contributed by atoms with Gasteiger partial charge in [-0.3, -0.25) is 9.69 Å². The number of nitrogens with one attached hydrogen (secondary N) is 1. The number of piperidine rings is 1. The SMILES string of the molecule is CC(=O)Nc1ccc(CN2CCC(CCc3ccccc3)(C3CO3)CC2)cc1. The van der Waals surface area contributed by atoms with Gasteiger partial charge in [0.05, 0.1) is 12.7 Å². The molecule has 0 aliphatic carbocycles. The zero-order valence-corrected chi connectivity index (χ0v) is 16.7. The van der Waals surface area contributed by atoms with Crippen LogP contribution in [0, 0.1) is 5.41 Å². The fourth-order valence-electron chi connectivity index (χ4n) is 4.48. The third-order valence-corrected chi connectivity index (χ3v) is 6.30. The molecule has 2 saturated heterocycles. The van der Waals surface area contributed by atoms with Crippen molar-refractivity contribution in [2.24, 2.45) is 5.41 Å². The number of hydrogen-bond acceptors (Lipinski definition) is 3. The summed E-state index contributed by atoms with van der Waals surface area (Å²) in [5, 5.41) is 2.83. The quantitative estimate of drug-likeness (QED) is 0.732. The van der Waals surface area contributed by atoms with Crippen LogP contribution in [0.25, 0.3) is 0 Å². The molecule has 1 amide bonds. The molecule has 1 atom stereocenters. The Labute approximate surface area is 167 Å². The largest absolute Gasteiger partial charge is 0.373 e. The number of anilines is 1. The molecule has 4 rings (SSSR count). The van der Waals surface area contributed by atoms with Crippen LogP contribution in [0.15, 0.2) is 54.6 Å². The van der Waals surface area contributed by atoms with Crippen LogP contribution in [0.1, 0.15) is 37.3 Å². The monoisotopic (exact) mass is 378 g/mol. The summed E-state index contributed by atoms with van der Waals surface area (Å²) >= 11 is 0. The van der Waals surface area contributed by atoms with Crippen molar-refractivity contribution < 1.29 is 9.53 Å². The van der Waals surface area contributed by atoms with Gasteiger partial charge in [-0.15, -0.1) is 0 Å². The van der Waals surface area contributed by atoms with Gasteiger partial charge < -0.3 is 10.1 Å². The van der Waals surface area contributed by atoms with Gasteiger partial charge in [0.25, 0.3) is 0 Å². The van der Waals surface area contributed by atoms with Gasteiger partial charge in [0.1, 0.15) is 0 Å². The van der Waals surface area contributed by atoms with Gasteiger partial charge in [-0.25, -0.2) is 0 Å². The topological polar surface area (TPSA) is 44.9 Å². The van der Waals surface area contributed by atoms with Crippen LogP contribution >= 0.6 is 0 Å². The number of epoxide rings is 1. The second-order valence-corrected chi connectivity index (χ2v) is 8.32. The highest BCUT2D eigenvalue weighted by atomic mass is 16.6. The minimum atomic E-state index is -0.0297. The van der Waals surface area contributed by atoms with Gasteiger partial charge in [0.15, 0.2) is 0 Å². The molecule has 2 aromatic carbocycles. The van der Waals surface area contributed by atoms with Crippen LogP contribution in [0.4, 0.5) is 5.69 Å². The van der Waals surface area contributed by atoms with E-state index in [0.717, 1.165) is 38.3 Å². The van der Waals surface area contributed by atoms with Crippen LogP contribution in [0.5, 0.6) is 0 Å². The second kappa shape index (κ2) is 8.46. The Morgan fingerprint density at radius 1 is 1.07 bits per heavy atom. The van der Waals surface area contributed by atoms with E-state index in [1.54, 1.807) is 0 Å². The van der Waals surface area contributed by atoms with Gasteiger partial charge in [-0.05, 0) is 62.0 Å². The molecule has 2 heterocycles. The van der Waals surface area contributed by atoms with E-state index in [1.807, 2.05) is 12.1 Å². The van der Waals surface area contributed by atoms with E-state index in [9.17, 15) is 4.79 Å². The average molecular weight is 379 g/mol. The maximum atomic E-state index is 11.2. The van der Waals surface area contributed by atoms with E-state index < -0.39 is 0 Å². The predicted octanol–water partition coefficient (Wildman–Crippen LogP) is 4.26. The van der Waals surface area contributed by atoms with Crippen molar-refractivity contribution in [3.05, 3.63) is 65.7 Å². The molecule has 0 spiro atoms. The molecule has 0 saturated carbocycles. The van der Waals surface area contributed by atoms with Crippen molar-refractivity contribution in [3.63, 3.8) is 0 Å². The highest BCUT2D eigenvalue weighted by molar-refractivity contribution is 5.88. The van der Waals surface area contributed by atoms with Gasteiger partial charge in [-0.2, -0.15) is 0 Å². The van der Waals surface area contributed by atoms with Crippen molar-refractivity contribution in [1.29, 1.82) is 0 Å². The van der Waals surface area contributed by atoms with Crippen LogP contribution in [0.2, 0.25) is 0 Å². The van der Waals surface area contributed by atoms with Crippen molar-refractivity contribution >= 4 is 11.6 Å². The summed E-state index contributed by atoms with van der Waals surface area (Å²) in [6.07, 6.45) is 5.27. The lowest BCUT2D eigenvalue weighted by molar-refractivity contribution is -0.114. The van der Waals surface area contributed by atoms with Crippen molar-refractivity contribution in [2.45, 2.75) is 45.3 Å². The second-order valence-electron chi connectivity index (χ2n) is 8.32. The van der Waals surface area contributed by atoms with Crippen molar-refractivity contribution in [1.82, 2.24) is 4.90 Å². The molecule has 2 aromatic rings. The van der Waals surface area contributed by atoms with E-state index in [2.05, 4.69) is 52.7 Å². The molecule has 2 aliphatic rings. The average Bonchev–Trinajstić information content (AvgIpc) is 3.56. The molecule has 4 nitrogen and oxygen atoms in total. The lowest BCUT2D eigenvalue weighted by Gasteiger charge is -2.41. The van der Waals surface area contributed by atoms with Crippen molar-refractivity contribution in [3.8, 4) is 0 Å². The molecule has 0 radical (unpaired) electrons. The molecular weight excluding hydrogens is 348 g/mol. The molecule has 2 aliphatic heterocycles. The Balaban J connectivity index is 1.31. The third-order valence-electron chi connectivity index (χ3n) is 6.30. The summed E-state index contributed by atoms with van der Waals surface area (Å²) < 4.78 is 5.79. The molecular formula is C24H30N2O2. The number of carbonyl (C=O) groups is 1. The predicted molar refractivity (Wildman–Crippen MR) is 112 cm³/mol. The lowest BCUT2D eigenvalue weighted by Crippen LogP contribution is -2.43. The minimum Gasteiger partial charge on any atom is -0.373 e. The zero-order valence-electron chi connectivity index (χ0n) is 16.7. The number of hydrogen-bond donors (Lipinski definition) is 1. The van der Waals surface area contributed by atoms with Gasteiger partial charge >= 0.3 is 0 Å². The lowest BCUT2D eigenvalue weighted by atomic mass is 9.71. The summed E-state index contributed by atoms with van der Waals surface area (Å²) in [5.74, 6) is -0.0297. The Morgan fingerprint density at radius 3 is 2.36 bits per heavy atom. The van der Waals surface area contributed by atoms with Crippen LogP contribution in [-0.4, -0.2) is 36.6 Å². The molecule has 2 fully saturated rings. The molecule has 1 unspecified atom stereocenters. The molecule has 1 N–H and O–H groups in total. The number of ether oxygens (including phenoxy) is 1. The summed E-state index contributed by atoms with van der Waals surface area (Å²) in [7, 11) is 0. The normalized spacial score (nSPS) is 21.2. The Morgan fingerprint density at radius 2 is 1.75 bits per heavy atom. The van der Waals surface area contributed by atoms with Gasteiger partial charge in [0.2, 0.25) is 5.91 Å². The van der Waals surface area contributed by atoms with Crippen LogP contribution in [-0.2, 0) is 22.5 Å². The molecule has 148 valence electrons. The number of rotatable bonds is 7. The van der Waals surface area contributed by atoms with Crippen molar-refractivity contribution in [2.75, 3.05) is 25.0 Å². The van der Waals surface area contributed by atoms with Gasteiger partial charge in [-0.1, -0.05) is 42.5 Å². The van der Waals surface area contributed by atoms with E-state index in [1.165, 1.54) is 37.3 Å². The number of likely N-dealkylation sites (tertiary alicyclic amines) is 1. The highest BCUT2D eigenvalue weighted by Crippen LogP contribution is 2.45. The van der Waals surface area contributed by atoms with E-state index in [4.69, 9.17) is 4.74 Å². The maximum Gasteiger partial charge on any atom is 0.221 e. The fourth-order valence-corrected chi connectivity index (χ4v) is 4.48. The standard InChI is InChI=1S/C24H30N2O2/c1-19(27)25-22-9-7-21(8-10-22)17-26-15-13-24(14-16-26,23-18-28-23)12-11-20-5-3-2-4-6-20/h2-10,23H,11-18H2,1H3,(H,25,27). The molecule has 0 bridgehead atoms. The first kappa shape index (κ1) is 19.2. The minimum absolute atomic E-state index is 0.0297. The Kier molecular flexibility index (Phi) is 5.79. The number of amides is 1. The number of carbonyl (C=O) groups excluding carboxylic acids is 1. The first-order valence-corrected chi connectivity index (χ1v) is 10.4. The smallest absolute Gasteiger partial charge is 0.221 e. The number of aryl methyl sites for hydroxylation is 1. The highest BCUT2D eigenvalue weighted by Gasteiger charge is 2.47. The Hall–Kier alpha value is -2.17. The summed E-state index contributed by atoms with van der Waals surface area (Å²) in [6.45, 7) is 5.71. The Bertz CT molecular complexity index is 776. The summed E-state index contributed by atoms with van der Waals surface area (Å²) in [6, 6.07) is 19.0. The summed E-state index contributed by atoms with van der Waals surface area (Å²) in [5.41, 5.74) is 3.94. The molecule has 28 heavy (non-hydrogen) atoms. The van der Waals surface area contributed by atoms with E-state index >= 15 is 0 Å². The van der Waals surface area contributed by atoms with Crippen LogP contribution < -0.4 is 5.32 Å². The first-order valence-electron chi connectivity index (χ1n) is 10.4. The third kappa shape index (κ3) is 4.81. The zero-order chi connectivity index (χ0) is 19.4. The van der Waals surface area contributed by atoms with E-state index in [-0.39, 0.29) is 5.91 Å².